The normalized spacial score (nSPS) is 11.3. The first-order valence-electron chi connectivity index (χ1n) is 8.38. The zero-order valence-corrected chi connectivity index (χ0v) is 15.1. The van der Waals surface area contributed by atoms with Crippen molar-refractivity contribution in [3.63, 3.8) is 0 Å². The lowest BCUT2D eigenvalue weighted by molar-refractivity contribution is -0.136. The minimum atomic E-state index is -4.60. The number of anilines is 1. The van der Waals surface area contributed by atoms with Crippen LogP contribution in [0.25, 0.3) is 0 Å². The SMILES string of the molecule is Cc1cccc(OCc2c(C(=O)Nc3ccccc3C(F)(F)F)noc2C)c1. The Balaban J connectivity index is 1.81. The van der Waals surface area contributed by atoms with Gasteiger partial charge in [0.2, 0.25) is 0 Å². The van der Waals surface area contributed by atoms with Gasteiger partial charge in [-0.25, -0.2) is 0 Å². The van der Waals surface area contributed by atoms with Crippen LogP contribution in [0.2, 0.25) is 0 Å². The molecule has 0 atom stereocenters. The van der Waals surface area contributed by atoms with Gasteiger partial charge in [-0.1, -0.05) is 29.4 Å². The van der Waals surface area contributed by atoms with Crippen LogP contribution in [0.5, 0.6) is 5.75 Å². The van der Waals surface area contributed by atoms with Gasteiger partial charge < -0.3 is 14.6 Å². The molecule has 1 aromatic heterocycles. The first kappa shape index (κ1) is 19.5. The summed E-state index contributed by atoms with van der Waals surface area (Å²) in [5, 5.41) is 5.94. The molecule has 2 aromatic carbocycles. The van der Waals surface area contributed by atoms with E-state index in [2.05, 4.69) is 10.5 Å². The molecular formula is C20H17F3N2O3. The molecule has 0 aliphatic carbocycles. The van der Waals surface area contributed by atoms with Crippen LogP contribution in [0.4, 0.5) is 18.9 Å². The fourth-order valence-corrected chi connectivity index (χ4v) is 2.62. The summed E-state index contributed by atoms with van der Waals surface area (Å²) in [6, 6.07) is 12.0. The van der Waals surface area contributed by atoms with Crippen LogP contribution >= 0.6 is 0 Å². The van der Waals surface area contributed by atoms with Gasteiger partial charge in [0, 0.05) is 0 Å². The Morgan fingerprint density at radius 2 is 1.89 bits per heavy atom. The van der Waals surface area contributed by atoms with Crippen molar-refractivity contribution in [2.24, 2.45) is 0 Å². The van der Waals surface area contributed by atoms with Crippen molar-refractivity contribution in [2.45, 2.75) is 26.6 Å². The molecule has 146 valence electrons. The predicted octanol–water partition coefficient (Wildman–Crippen LogP) is 5.14. The number of nitrogens with one attached hydrogen (secondary N) is 1. The zero-order chi connectivity index (χ0) is 20.3. The summed E-state index contributed by atoms with van der Waals surface area (Å²) >= 11 is 0. The number of aromatic nitrogens is 1. The fourth-order valence-electron chi connectivity index (χ4n) is 2.62. The van der Waals surface area contributed by atoms with Gasteiger partial charge in [-0.15, -0.1) is 0 Å². The largest absolute Gasteiger partial charge is 0.489 e. The lowest BCUT2D eigenvalue weighted by atomic mass is 10.1. The number of rotatable bonds is 5. The van der Waals surface area contributed by atoms with E-state index in [0.717, 1.165) is 11.6 Å². The van der Waals surface area contributed by atoms with Gasteiger partial charge in [-0.05, 0) is 43.7 Å². The number of aryl methyl sites for hydroxylation is 2. The molecule has 0 radical (unpaired) electrons. The van der Waals surface area contributed by atoms with Gasteiger partial charge in [0.05, 0.1) is 16.8 Å². The van der Waals surface area contributed by atoms with Gasteiger partial charge in [-0.3, -0.25) is 4.79 Å². The highest BCUT2D eigenvalue weighted by atomic mass is 19.4. The van der Waals surface area contributed by atoms with Crippen LogP contribution in [0, 0.1) is 13.8 Å². The molecule has 3 rings (SSSR count). The summed E-state index contributed by atoms with van der Waals surface area (Å²) in [6.45, 7) is 3.50. The maximum absolute atomic E-state index is 13.1. The minimum absolute atomic E-state index is 0.0115. The van der Waals surface area contributed by atoms with Gasteiger partial charge in [0.1, 0.15) is 18.1 Å². The van der Waals surface area contributed by atoms with E-state index in [1.807, 2.05) is 25.1 Å². The average Bonchev–Trinajstić information content (AvgIpc) is 3.00. The molecule has 5 nitrogen and oxygen atoms in total. The van der Waals surface area contributed by atoms with Crippen molar-refractivity contribution in [3.8, 4) is 5.75 Å². The van der Waals surface area contributed by atoms with Crippen molar-refractivity contribution in [1.82, 2.24) is 5.16 Å². The highest BCUT2D eigenvalue weighted by Crippen LogP contribution is 2.34. The first-order chi connectivity index (χ1) is 13.3. The number of hydrogen-bond donors (Lipinski definition) is 1. The molecule has 0 fully saturated rings. The van der Waals surface area contributed by atoms with E-state index >= 15 is 0 Å². The first-order valence-corrected chi connectivity index (χ1v) is 8.38. The minimum Gasteiger partial charge on any atom is -0.489 e. The predicted molar refractivity (Wildman–Crippen MR) is 96.1 cm³/mol. The molecule has 1 heterocycles. The lowest BCUT2D eigenvalue weighted by Crippen LogP contribution is -2.18. The highest BCUT2D eigenvalue weighted by Gasteiger charge is 2.34. The lowest BCUT2D eigenvalue weighted by Gasteiger charge is -2.13. The molecule has 0 spiro atoms. The van der Waals surface area contributed by atoms with E-state index in [4.69, 9.17) is 9.26 Å². The number of benzene rings is 2. The van der Waals surface area contributed by atoms with Crippen LogP contribution in [0.1, 0.15) is 32.9 Å². The van der Waals surface area contributed by atoms with Crippen LogP contribution in [0.3, 0.4) is 0 Å². The summed E-state index contributed by atoms with van der Waals surface area (Å²) in [6.07, 6.45) is -4.60. The number of carbonyl (C=O) groups excluding carboxylic acids is 1. The summed E-state index contributed by atoms with van der Waals surface area (Å²) < 4.78 is 50.1. The molecule has 0 saturated carbocycles. The van der Waals surface area contributed by atoms with Crippen molar-refractivity contribution in [1.29, 1.82) is 0 Å². The smallest absolute Gasteiger partial charge is 0.418 e. The summed E-state index contributed by atoms with van der Waals surface area (Å²) in [4.78, 5) is 12.5. The Hall–Kier alpha value is -3.29. The van der Waals surface area contributed by atoms with E-state index in [-0.39, 0.29) is 18.0 Å². The Labute approximate surface area is 159 Å². The average molecular weight is 390 g/mol. The molecule has 1 N–H and O–H groups in total. The Kier molecular flexibility index (Phi) is 5.39. The summed E-state index contributed by atoms with van der Waals surface area (Å²) in [7, 11) is 0. The summed E-state index contributed by atoms with van der Waals surface area (Å²) in [5.41, 5.74) is -0.0563. The molecule has 0 bridgehead atoms. The van der Waals surface area contributed by atoms with Crippen LogP contribution in [-0.4, -0.2) is 11.1 Å². The monoisotopic (exact) mass is 390 g/mol. The molecule has 0 unspecified atom stereocenters. The van der Waals surface area contributed by atoms with E-state index in [0.29, 0.717) is 17.1 Å². The van der Waals surface area contributed by atoms with Crippen LogP contribution in [-0.2, 0) is 12.8 Å². The Morgan fingerprint density at radius 3 is 2.61 bits per heavy atom. The number of alkyl halides is 3. The van der Waals surface area contributed by atoms with Crippen molar-refractivity contribution < 1.29 is 27.2 Å². The second-order valence-electron chi connectivity index (χ2n) is 6.17. The van der Waals surface area contributed by atoms with Crippen LogP contribution < -0.4 is 10.1 Å². The third-order valence-corrected chi connectivity index (χ3v) is 4.05. The molecule has 0 aliphatic heterocycles. The highest BCUT2D eigenvalue weighted by molar-refractivity contribution is 6.04. The Morgan fingerprint density at radius 1 is 1.14 bits per heavy atom. The fraction of sp³-hybridized carbons (Fsp3) is 0.200. The van der Waals surface area contributed by atoms with E-state index < -0.39 is 17.6 Å². The third kappa shape index (κ3) is 4.33. The van der Waals surface area contributed by atoms with Gasteiger partial charge in [-0.2, -0.15) is 13.2 Å². The number of nitrogens with zero attached hydrogens (tertiary/aromatic N) is 1. The Bertz CT molecular complexity index is 996. The molecule has 3 aromatic rings. The third-order valence-electron chi connectivity index (χ3n) is 4.05. The number of hydrogen-bond acceptors (Lipinski definition) is 4. The number of ether oxygens (including phenoxy) is 1. The molecule has 28 heavy (non-hydrogen) atoms. The van der Waals surface area contributed by atoms with Crippen molar-refractivity contribution in [3.05, 3.63) is 76.7 Å². The van der Waals surface area contributed by atoms with Gasteiger partial charge >= 0.3 is 6.18 Å². The van der Waals surface area contributed by atoms with Gasteiger partial charge in [0.15, 0.2) is 5.69 Å². The van der Waals surface area contributed by atoms with E-state index in [9.17, 15) is 18.0 Å². The second-order valence-corrected chi connectivity index (χ2v) is 6.17. The number of halogens is 3. The molecule has 0 aliphatic rings. The van der Waals surface area contributed by atoms with Crippen molar-refractivity contribution in [2.75, 3.05) is 5.32 Å². The topological polar surface area (TPSA) is 64.4 Å². The quantitative estimate of drug-likeness (QED) is 0.655. The maximum Gasteiger partial charge on any atom is 0.418 e. The van der Waals surface area contributed by atoms with E-state index in [1.54, 1.807) is 13.0 Å². The molecule has 8 heteroatoms. The number of carbonyl (C=O) groups is 1. The standard InChI is InChI=1S/C20H17F3N2O3/c1-12-6-5-7-14(10-12)27-11-15-13(2)28-25-18(15)19(26)24-17-9-4-3-8-16(17)20(21,22)23/h3-10H,11H2,1-2H3,(H,24,26). The van der Waals surface area contributed by atoms with Crippen molar-refractivity contribution >= 4 is 11.6 Å². The number of amides is 1. The van der Waals surface area contributed by atoms with Gasteiger partial charge in [0.25, 0.3) is 5.91 Å². The van der Waals surface area contributed by atoms with E-state index in [1.165, 1.54) is 18.2 Å². The summed E-state index contributed by atoms with van der Waals surface area (Å²) in [5.74, 6) is 0.132. The van der Waals surface area contributed by atoms with Crippen LogP contribution in [0.15, 0.2) is 53.1 Å². The maximum atomic E-state index is 13.1. The molecule has 0 saturated heterocycles. The second kappa shape index (κ2) is 7.75. The zero-order valence-electron chi connectivity index (χ0n) is 15.1. The molecular weight excluding hydrogens is 373 g/mol. The molecule has 1 amide bonds. The number of para-hydroxylation sites is 1.